The van der Waals surface area contributed by atoms with Gasteiger partial charge in [-0.15, -0.1) is 0 Å². The minimum absolute atomic E-state index is 0.0467. The van der Waals surface area contributed by atoms with Crippen molar-refractivity contribution < 1.29 is 9.53 Å². The number of rotatable bonds is 4. The maximum absolute atomic E-state index is 11.2. The number of aromatic nitrogens is 4. The molecule has 21 heavy (non-hydrogen) atoms. The summed E-state index contributed by atoms with van der Waals surface area (Å²) in [4.78, 5) is 9.53. The van der Waals surface area contributed by atoms with Crippen molar-refractivity contribution in [1.29, 1.82) is 5.26 Å². The Morgan fingerprint density at radius 1 is 1.52 bits per heavy atom. The summed E-state index contributed by atoms with van der Waals surface area (Å²) < 4.78 is 4.47. The van der Waals surface area contributed by atoms with Crippen molar-refractivity contribution in [2.24, 2.45) is 5.92 Å². The fourth-order valence-electron chi connectivity index (χ4n) is 2.75. The smallest absolute Gasteiger partial charge is 0.299 e. The van der Waals surface area contributed by atoms with Crippen molar-refractivity contribution in [1.82, 2.24) is 20.0 Å². The van der Waals surface area contributed by atoms with Crippen LogP contribution < -0.4 is 4.90 Å². The first-order chi connectivity index (χ1) is 10.3. The molecule has 1 saturated heterocycles. The Kier molecular flexibility index (Phi) is 3.83. The third-order valence-electron chi connectivity index (χ3n) is 3.93. The second kappa shape index (κ2) is 5.93. The SMILES string of the molecule is N#Cc1c(CN2CCC(Cc3cnc[nH]3)CC2)no[n+]1[O-]. The lowest BCUT2D eigenvalue weighted by Gasteiger charge is -2.30. The molecule has 0 radical (unpaired) electrons. The number of imidazole rings is 1. The van der Waals surface area contributed by atoms with Gasteiger partial charge in [0.1, 0.15) is 0 Å². The van der Waals surface area contributed by atoms with Crippen molar-refractivity contribution in [3.05, 3.63) is 34.8 Å². The molecule has 3 heterocycles. The standard InChI is InChI=1S/C13H16N6O2/c14-6-13-12(17-21-19(13)20)8-18-3-1-10(2-4-18)5-11-7-15-9-16-11/h7,9-10H,1-5,8H2,(H,15,16). The van der Waals surface area contributed by atoms with E-state index in [0.29, 0.717) is 18.2 Å². The average molecular weight is 288 g/mol. The second-order valence-corrected chi connectivity index (χ2v) is 5.34. The third kappa shape index (κ3) is 3.03. The molecule has 1 aliphatic rings. The number of hydrogen-bond acceptors (Lipinski definition) is 6. The zero-order valence-electron chi connectivity index (χ0n) is 11.5. The van der Waals surface area contributed by atoms with Crippen LogP contribution in [0.25, 0.3) is 0 Å². The van der Waals surface area contributed by atoms with Gasteiger partial charge in [0.15, 0.2) is 6.07 Å². The van der Waals surface area contributed by atoms with E-state index in [0.717, 1.165) is 32.4 Å². The number of nitrogens with one attached hydrogen (secondary N) is 1. The first-order valence-electron chi connectivity index (χ1n) is 6.94. The Labute approximate surface area is 121 Å². The van der Waals surface area contributed by atoms with Gasteiger partial charge in [-0.05, 0) is 43.2 Å². The Morgan fingerprint density at radius 3 is 3.00 bits per heavy atom. The van der Waals surface area contributed by atoms with Gasteiger partial charge < -0.3 is 10.2 Å². The number of piperidine rings is 1. The summed E-state index contributed by atoms with van der Waals surface area (Å²) in [7, 11) is 0. The first kappa shape index (κ1) is 13.6. The summed E-state index contributed by atoms with van der Waals surface area (Å²) in [6, 6.07) is 1.83. The van der Waals surface area contributed by atoms with E-state index in [2.05, 4.69) is 24.7 Å². The summed E-state index contributed by atoms with van der Waals surface area (Å²) in [6.07, 6.45) is 6.75. The molecule has 0 spiro atoms. The Bertz CT molecular complexity index is 622. The van der Waals surface area contributed by atoms with Crippen LogP contribution in [0.1, 0.15) is 29.9 Å². The predicted molar refractivity (Wildman–Crippen MR) is 70.5 cm³/mol. The van der Waals surface area contributed by atoms with Gasteiger partial charge in [0, 0.05) is 17.0 Å². The summed E-state index contributed by atoms with van der Waals surface area (Å²) in [6.45, 7) is 2.34. The number of likely N-dealkylation sites (tertiary alicyclic amines) is 1. The monoisotopic (exact) mass is 288 g/mol. The molecule has 0 amide bonds. The largest absolute Gasteiger partial charge is 0.358 e. The maximum atomic E-state index is 11.2. The first-order valence-corrected chi connectivity index (χ1v) is 6.94. The fourth-order valence-corrected chi connectivity index (χ4v) is 2.75. The summed E-state index contributed by atoms with van der Waals surface area (Å²) in [5.41, 5.74) is 1.54. The van der Waals surface area contributed by atoms with E-state index in [1.807, 2.05) is 12.3 Å². The molecule has 0 aliphatic carbocycles. The van der Waals surface area contributed by atoms with Crippen molar-refractivity contribution in [3.8, 4) is 6.07 Å². The highest BCUT2D eigenvalue weighted by molar-refractivity contribution is 5.19. The Balaban J connectivity index is 1.53. The number of aromatic amines is 1. The molecule has 0 unspecified atom stereocenters. The maximum Gasteiger partial charge on any atom is 0.299 e. The molecule has 0 atom stereocenters. The van der Waals surface area contributed by atoms with Crippen LogP contribution >= 0.6 is 0 Å². The van der Waals surface area contributed by atoms with Crippen molar-refractivity contribution in [2.45, 2.75) is 25.8 Å². The van der Waals surface area contributed by atoms with Crippen LogP contribution in [0, 0.1) is 22.5 Å². The van der Waals surface area contributed by atoms with Crippen LogP contribution in [0.5, 0.6) is 0 Å². The van der Waals surface area contributed by atoms with E-state index in [4.69, 9.17) is 5.26 Å². The highest BCUT2D eigenvalue weighted by Crippen LogP contribution is 2.22. The minimum Gasteiger partial charge on any atom is -0.358 e. The van der Waals surface area contributed by atoms with Crippen LogP contribution in [-0.4, -0.2) is 33.1 Å². The lowest BCUT2D eigenvalue weighted by Crippen LogP contribution is -2.35. The highest BCUT2D eigenvalue weighted by Gasteiger charge is 2.25. The van der Waals surface area contributed by atoms with Crippen LogP contribution in [0.3, 0.4) is 0 Å². The van der Waals surface area contributed by atoms with Crippen LogP contribution in [0.15, 0.2) is 17.2 Å². The molecule has 0 aromatic carbocycles. The highest BCUT2D eigenvalue weighted by atomic mass is 16.8. The van der Waals surface area contributed by atoms with Crippen LogP contribution in [-0.2, 0) is 13.0 Å². The molecule has 0 saturated carbocycles. The normalized spacial score (nSPS) is 16.9. The zero-order valence-corrected chi connectivity index (χ0v) is 11.5. The van der Waals surface area contributed by atoms with E-state index in [9.17, 15) is 5.21 Å². The number of hydrogen-bond donors (Lipinski definition) is 1. The Morgan fingerprint density at radius 2 is 2.33 bits per heavy atom. The molecule has 110 valence electrons. The average Bonchev–Trinajstić information content (AvgIpc) is 3.11. The third-order valence-corrected chi connectivity index (χ3v) is 3.93. The van der Waals surface area contributed by atoms with Gasteiger partial charge in [-0.2, -0.15) is 5.26 Å². The molecule has 3 rings (SSSR count). The lowest BCUT2D eigenvalue weighted by atomic mass is 9.92. The number of nitriles is 1. The second-order valence-electron chi connectivity index (χ2n) is 5.34. The molecule has 2 aromatic heterocycles. The fraction of sp³-hybridized carbons (Fsp3) is 0.538. The van der Waals surface area contributed by atoms with Crippen LogP contribution in [0.4, 0.5) is 0 Å². The molecule has 1 N–H and O–H groups in total. The van der Waals surface area contributed by atoms with Gasteiger partial charge in [-0.25, -0.2) is 4.98 Å². The van der Waals surface area contributed by atoms with Crippen molar-refractivity contribution in [3.63, 3.8) is 0 Å². The summed E-state index contributed by atoms with van der Waals surface area (Å²) in [5.74, 6) is 0.638. The molecule has 0 bridgehead atoms. The zero-order chi connectivity index (χ0) is 14.7. The van der Waals surface area contributed by atoms with E-state index in [1.54, 1.807) is 6.33 Å². The number of H-pyrrole nitrogens is 1. The van der Waals surface area contributed by atoms with Gasteiger partial charge in [-0.1, -0.05) is 0 Å². The van der Waals surface area contributed by atoms with E-state index in [-0.39, 0.29) is 10.6 Å². The molecule has 1 aliphatic heterocycles. The van der Waals surface area contributed by atoms with Crippen molar-refractivity contribution in [2.75, 3.05) is 13.1 Å². The van der Waals surface area contributed by atoms with Crippen molar-refractivity contribution >= 4 is 0 Å². The minimum atomic E-state index is -0.0467. The van der Waals surface area contributed by atoms with E-state index in [1.165, 1.54) is 5.69 Å². The van der Waals surface area contributed by atoms with Gasteiger partial charge in [-0.3, -0.25) is 9.53 Å². The number of nitrogens with zero attached hydrogens (tertiary/aromatic N) is 5. The summed E-state index contributed by atoms with van der Waals surface area (Å²) in [5, 5.41) is 23.7. The summed E-state index contributed by atoms with van der Waals surface area (Å²) >= 11 is 0. The van der Waals surface area contributed by atoms with Crippen LogP contribution in [0.2, 0.25) is 0 Å². The van der Waals surface area contributed by atoms with Gasteiger partial charge in [0.25, 0.3) is 11.4 Å². The molecular formula is C13H16N6O2. The van der Waals surface area contributed by atoms with Gasteiger partial charge >= 0.3 is 0 Å². The van der Waals surface area contributed by atoms with E-state index >= 15 is 0 Å². The molecule has 8 nitrogen and oxygen atoms in total. The molecular weight excluding hydrogens is 272 g/mol. The Hall–Kier alpha value is -2.40. The van der Waals surface area contributed by atoms with E-state index < -0.39 is 0 Å². The van der Waals surface area contributed by atoms with Gasteiger partial charge in [0.2, 0.25) is 0 Å². The topological polar surface area (TPSA) is 109 Å². The lowest BCUT2D eigenvalue weighted by molar-refractivity contribution is -0.804. The van der Waals surface area contributed by atoms with Gasteiger partial charge in [0.05, 0.1) is 12.9 Å². The quantitative estimate of drug-likeness (QED) is 0.813. The molecule has 2 aromatic rings. The molecule has 8 heteroatoms. The predicted octanol–water partition coefficient (Wildman–Crippen LogP) is 0.357. The molecule has 1 fully saturated rings.